The van der Waals surface area contributed by atoms with Gasteiger partial charge in [-0.3, -0.25) is 0 Å². The first-order valence-electron chi connectivity index (χ1n) is 7.59. The van der Waals surface area contributed by atoms with Gasteiger partial charge in [-0.05, 0) is 36.1 Å². The fourth-order valence-electron chi connectivity index (χ4n) is 3.37. The minimum Gasteiger partial charge on any atom is -0.338 e. The van der Waals surface area contributed by atoms with Crippen LogP contribution >= 0.6 is 24.2 Å². The molecule has 1 aliphatic heterocycles. The first-order chi connectivity index (χ1) is 10.3. The van der Waals surface area contributed by atoms with Crippen molar-refractivity contribution in [2.45, 2.75) is 42.9 Å². The highest BCUT2D eigenvalue weighted by molar-refractivity contribution is 7.99. The number of hydrogen-bond donors (Lipinski definition) is 1. The maximum absolute atomic E-state index is 6.43. The third-order valence-corrected chi connectivity index (χ3v) is 5.83. The molecule has 1 aliphatic carbocycles. The number of halogens is 1. The van der Waals surface area contributed by atoms with E-state index in [4.69, 9.17) is 10.3 Å². The average Bonchev–Trinajstić information content (AvgIpc) is 3.16. The molecule has 1 atom stereocenters. The molecule has 0 amide bonds. The number of thioether (sulfide) groups is 1. The minimum absolute atomic E-state index is 0. The Hall–Kier alpha value is -1.04. The maximum atomic E-state index is 6.43. The van der Waals surface area contributed by atoms with Crippen molar-refractivity contribution in [1.29, 1.82) is 0 Å². The van der Waals surface area contributed by atoms with Crippen LogP contribution in [0.25, 0.3) is 0 Å². The lowest BCUT2D eigenvalue weighted by atomic mass is 9.98. The van der Waals surface area contributed by atoms with E-state index < -0.39 is 0 Å². The molecule has 4 nitrogen and oxygen atoms in total. The summed E-state index contributed by atoms with van der Waals surface area (Å²) in [6.07, 6.45) is 5.34. The van der Waals surface area contributed by atoms with Gasteiger partial charge in [-0.25, -0.2) is 0 Å². The summed E-state index contributed by atoms with van der Waals surface area (Å²) in [5.74, 6) is 2.49. The highest BCUT2D eigenvalue weighted by Crippen LogP contribution is 2.42. The predicted octanol–water partition coefficient (Wildman–Crippen LogP) is 3.60. The lowest BCUT2D eigenvalue weighted by molar-refractivity contribution is 0.351. The van der Waals surface area contributed by atoms with E-state index in [1.807, 2.05) is 11.8 Å². The Kier molecular flexibility index (Phi) is 4.48. The molecule has 2 heterocycles. The number of benzene rings is 1. The number of aryl methyl sites for hydroxylation is 1. The van der Waals surface area contributed by atoms with Gasteiger partial charge in [-0.15, -0.1) is 24.2 Å². The molecule has 118 valence electrons. The Labute approximate surface area is 140 Å². The third-order valence-electron chi connectivity index (χ3n) is 4.60. The topological polar surface area (TPSA) is 64.9 Å². The zero-order valence-electron chi connectivity index (χ0n) is 12.3. The zero-order chi connectivity index (χ0) is 14.3. The van der Waals surface area contributed by atoms with E-state index in [2.05, 4.69) is 34.4 Å². The molecule has 0 bridgehead atoms. The number of fused-ring (bicyclic) bond motifs is 1. The summed E-state index contributed by atoms with van der Waals surface area (Å²) in [5.41, 5.74) is 8.75. The Morgan fingerprint density at radius 2 is 2.00 bits per heavy atom. The second-order valence-corrected chi connectivity index (χ2v) is 7.23. The zero-order valence-corrected chi connectivity index (χ0v) is 14.0. The Morgan fingerprint density at radius 1 is 1.23 bits per heavy atom. The Bertz CT molecular complexity index is 654. The largest absolute Gasteiger partial charge is 0.338 e. The van der Waals surface area contributed by atoms with Gasteiger partial charge in [0.25, 0.3) is 0 Å². The van der Waals surface area contributed by atoms with Crippen molar-refractivity contribution in [2.75, 3.05) is 5.75 Å². The number of hydrogen-bond acceptors (Lipinski definition) is 5. The summed E-state index contributed by atoms with van der Waals surface area (Å²) in [6, 6.07) is 8.54. The van der Waals surface area contributed by atoms with E-state index in [9.17, 15) is 0 Å². The molecule has 1 unspecified atom stereocenters. The molecule has 0 spiro atoms. The van der Waals surface area contributed by atoms with Crippen molar-refractivity contribution < 1.29 is 4.52 Å². The van der Waals surface area contributed by atoms with Crippen LogP contribution in [0.15, 0.2) is 28.8 Å². The van der Waals surface area contributed by atoms with Crippen LogP contribution in [-0.4, -0.2) is 15.9 Å². The lowest BCUT2D eigenvalue weighted by Gasteiger charge is -2.22. The Morgan fingerprint density at radius 3 is 2.82 bits per heavy atom. The summed E-state index contributed by atoms with van der Waals surface area (Å²) < 4.78 is 5.58. The maximum Gasteiger partial charge on any atom is 0.244 e. The van der Waals surface area contributed by atoms with Crippen LogP contribution in [-0.2, 0) is 12.0 Å². The van der Waals surface area contributed by atoms with Crippen LogP contribution in [0.3, 0.4) is 0 Å². The quantitative estimate of drug-likeness (QED) is 0.907. The molecular formula is C16H20ClN3OS. The number of aromatic nitrogens is 2. The van der Waals surface area contributed by atoms with E-state index in [1.54, 1.807) is 0 Å². The number of rotatable bonds is 2. The van der Waals surface area contributed by atoms with E-state index in [-0.39, 0.29) is 23.2 Å². The van der Waals surface area contributed by atoms with Crippen LogP contribution in [0, 0.1) is 0 Å². The molecule has 1 aromatic heterocycles. The summed E-state index contributed by atoms with van der Waals surface area (Å²) in [7, 11) is 0. The minimum atomic E-state index is -0.374. The lowest BCUT2D eigenvalue weighted by Crippen LogP contribution is -2.34. The number of nitrogens with zero attached hydrogens (tertiary/aromatic N) is 2. The van der Waals surface area contributed by atoms with Gasteiger partial charge in [0, 0.05) is 0 Å². The molecule has 2 N–H and O–H groups in total. The molecule has 4 rings (SSSR count). The van der Waals surface area contributed by atoms with Gasteiger partial charge in [0.1, 0.15) is 5.25 Å². The Balaban J connectivity index is 0.00000144. The summed E-state index contributed by atoms with van der Waals surface area (Å²) in [5, 5.41) is 4.35. The van der Waals surface area contributed by atoms with Gasteiger partial charge < -0.3 is 10.3 Å². The van der Waals surface area contributed by atoms with Gasteiger partial charge >= 0.3 is 0 Å². The highest BCUT2D eigenvalue weighted by Gasteiger charge is 2.37. The van der Waals surface area contributed by atoms with E-state index in [0.717, 1.165) is 37.9 Å². The van der Waals surface area contributed by atoms with Crippen LogP contribution in [0.1, 0.15) is 53.8 Å². The van der Waals surface area contributed by atoms with Crippen LogP contribution in [0.2, 0.25) is 0 Å². The third kappa shape index (κ3) is 2.66. The standard InChI is InChI=1S/C16H19N3OS.ClH/c17-16(8-3-4-9-16)15-18-14(20-19-15)13-12-6-2-1-5-11(12)7-10-21-13;/h1-2,5-6,13H,3-4,7-10,17H2;1H. The van der Waals surface area contributed by atoms with Crippen molar-refractivity contribution in [1.82, 2.24) is 10.1 Å². The first kappa shape index (κ1) is 15.8. The number of nitrogens with two attached hydrogens (primary N) is 1. The SMILES string of the molecule is Cl.NC1(c2noc(C3SCCc4ccccc43)n2)CCCC1. The molecule has 1 fully saturated rings. The molecule has 2 aliphatic rings. The van der Waals surface area contributed by atoms with Gasteiger partial charge in [-0.1, -0.05) is 42.3 Å². The molecule has 2 aromatic rings. The predicted molar refractivity (Wildman–Crippen MR) is 90.3 cm³/mol. The highest BCUT2D eigenvalue weighted by atomic mass is 35.5. The fraction of sp³-hybridized carbons (Fsp3) is 0.500. The molecular weight excluding hydrogens is 318 g/mol. The first-order valence-corrected chi connectivity index (χ1v) is 8.63. The molecule has 0 radical (unpaired) electrons. The second kappa shape index (κ2) is 6.22. The monoisotopic (exact) mass is 337 g/mol. The molecule has 0 saturated heterocycles. The normalized spacial score (nSPS) is 22.9. The summed E-state index contributed by atoms with van der Waals surface area (Å²) >= 11 is 1.88. The van der Waals surface area contributed by atoms with Crippen molar-refractivity contribution in [2.24, 2.45) is 5.73 Å². The van der Waals surface area contributed by atoms with Crippen molar-refractivity contribution in [3.05, 3.63) is 47.1 Å². The van der Waals surface area contributed by atoms with Gasteiger partial charge in [-0.2, -0.15) is 4.98 Å². The molecule has 1 saturated carbocycles. The van der Waals surface area contributed by atoms with Crippen molar-refractivity contribution >= 4 is 24.2 Å². The second-order valence-electron chi connectivity index (χ2n) is 6.02. The van der Waals surface area contributed by atoms with Gasteiger partial charge in [0.2, 0.25) is 5.89 Å². The smallest absolute Gasteiger partial charge is 0.244 e. The fourth-order valence-corrected chi connectivity index (χ4v) is 4.59. The summed E-state index contributed by atoms with van der Waals surface area (Å²) in [4.78, 5) is 4.66. The summed E-state index contributed by atoms with van der Waals surface area (Å²) in [6.45, 7) is 0. The van der Waals surface area contributed by atoms with Crippen LogP contribution in [0.5, 0.6) is 0 Å². The van der Waals surface area contributed by atoms with Crippen LogP contribution < -0.4 is 5.73 Å². The van der Waals surface area contributed by atoms with Crippen molar-refractivity contribution in [3.63, 3.8) is 0 Å². The average molecular weight is 338 g/mol. The van der Waals surface area contributed by atoms with Crippen molar-refractivity contribution in [3.8, 4) is 0 Å². The van der Waals surface area contributed by atoms with E-state index >= 15 is 0 Å². The molecule has 1 aromatic carbocycles. The van der Waals surface area contributed by atoms with Gasteiger partial charge in [0.15, 0.2) is 5.82 Å². The van der Waals surface area contributed by atoms with E-state index in [1.165, 1.54) is 11.1 Å². The molecule has 22 heavy (non-hydrogen) atoms. The van der Waals surface area contributed by atoms with E-state index in [0.29, 0.717) is 11.7 Å². The molecule has 6 heteroatoms. The van der Waals surface area contributed by atoms with Gasteiger partial charge in [0.05, 0.1) is 5.54 Å². The van der Waals surface area contributed by atoms with Crippen LogP contribution in [0.4, 0.5) is 0 Å².